The van der Waals surface area contributed by atoms with Gasteiger partial charge in [-0.05, 0) is 26.0 Å². The summed E-state index contributed by atoms with van der Waals surface area (Å²) in [6.45, 7) is 4.58. The fraction of sp³-hybridized carbons (Fsp3) is 0.667. The first-order chi connectivity index (χ1) is 9.64. The largest absolute Gasteiger partial charge is 0.390 e. The van der Waals surface area contributed by atoms with Gasteiger partial charge in [-0.3, -0.25) is 0 Å². The van der Waals surface area contributed by atoms with Crippen molar-refractivity contribution in [2.24, 2.45) is 0 Å². The van der Waals surface area contributed by atoms with Crippen molar-refractivity contribution in [3.63, 3.8) is 0 Å². The zero-order valence-electron chi connectivity index (χ0n) is 11.8. The molecule has 0 fully saturated rings. The minimum Gasteiger partial charge on any atom is -0.312 e. The number of nitrogens with one attached hydrogen (secondary N) is 2. The summed E-state index contributed by atoms with van der Waals surface area (Å²) in [6.07, 6.45) is -4.62. The quantitative estimate of drug-likeness (QED) is 0.713. The molecule has 21 heavy (non-hydrogen) atoms. The summed E-state index contributed by atoms with van der Waals surface area (Å²) in [5.41, 5.74) is 0. The molecule has 0 aliphatic carbocycles. The van der Waals surface area contributed by atoms with E-state index in [0.717, 1.165) is 17.8 Å². The van der Waals surface area contributed by atoms with Gasteiger partial charge in [0, 0.05) is 22.8 Å². The maximum atomic E-state index is 12.2. The van der Waals surface area contributed by atoms with Crippen LogP contribution in [0.25, 0.3) is 0 Å². The van der Waals surface area contributed by atoms with Crippen LogP contribution in [0.15, 0.2) is 16.3 Å². The van der Waals surface area contributed by atoms with Crippen LogP contribution in [-0.2, 0) is 16.6 Å². The zero-order valence-corrected chi connectivity index (χ0v) is 13.5. The van der Waals surface area contributed by atoms with Gasteiger partial charge in [0.05, 0.1) is 11.3 Å². The van der Waals surface area contributed by atoms with E-state index in [0.29, 0.717) is 6.54 Å². The Morgan fingerprint density at radius 1 is 1.38 bits per heavy atom. The molecule has 1 aromatic heterocycles. The van der Waals surface area contributed by atoms with Crippen LogP contribution in [0, 0.1) is 0 Å². The van der Waals surface area contributed by atoms with Crippen molar-refractivity contribution >= 4 is 21.4 Å². The summed E-state index contributed by atoms with van der Waals surface area (Å²) in [5, 5.41) is 4.57. The van der Waals surface area contributed by atoms with Gasteiger partial charge < -0.3 is 5.32 Å². The molecule has 0 aliphatic rings. The molecule has 1 atom stereocenters. The fourth-order valence-electron chi connectivity index (χ4n) is 1.70. The van der Waals surface area contributed by atoms with Crippen molar-refractivity contribution in [3.8, 4) is 0 Å². The van der Waals surface area contributed by atoms with Crippen LogP contribution in [0.3, 0.4) is 0 Å². The first kappa shape index (κ1) is 18.4. The van der Waals surface area contributed by atoms with E-state index in [9.17, 15) is 21.6 Å². The summed E-state index contributed by atoms with van der Waals surface area (Å²) < 4.78 is 62.7. The van der Waals surface area contributed by atoms with Gasteiger partial charge in [0.1, 0.15) is 0 Å². The Labute approximate surface area is 126 Å². The van der Waals surface area contributed by atoms with E-state index in [4.69, 9.17) is 0 Å². The van der Waals surface area contributed by atoms with E-state index in [1.54, 1.807) is 0 Å². The molecular weight excluding hydrogens is 325 g/mol. The number of alkyl halides is 3. The zero-order chi connectivity index (χ0) is 16.1. The predicted molar refractivity (Wildman–Crippen MR) is 76.8 cm³/mol. The van der Waals surface area contributed by atoms with Crippen LogP contribution >= 0.6 is 11.3 Å². The molecule has 0 amide bonds. The lowest BCUT2D eigenvalue weighted by Crippen LogP contribution is -2.35. The molecule has 0 saturated heterocycles. The van der Waals surface area contributed by atoms with Gasteiger partial charge in [-0.1, -0.05) is 6.92 Å². The Bertz CT molecular complexity index is 541. The van der Waals surface area contributed by atoms with Gasteiger partial charge in [-0.25, -0.2) is 13.1 Å². The van der Waals surface area contributed by atoms with Gasteiger partial charge in [0.25, 0.3) is 0 Å². The van der Waals surface area contributed by atoms with Crippen molar-refractivity contribution in [3.05, 3.63) is 16.3 Å². The number of halogens is 3. The van der Waals surface area contributed by atoms with Gasteiger partial charge in [0.2, 0.25) is 10.0 Å². The van der Waals surface area contributed by atoms with Crippen LogP contribution in [0.4, 0.5) is 13.2 Å². The van der Waals surface area contributed by atoms with E-state index in [-0.39, 0.29) is 4.90 Å². The monoisotopic (exact) mass is 344 g/mol. The Morgan fingerprint density at radius 3 is 2.62 bits per heavy atom. The summed E-state index contributed by atoms with van der Waals surface area (Å²) in [7, 11) is -3.91. The van der Waals surface area contributed by atoms with Crippen molar-refractivity contribution in [2.75, 3.05) is 6.54 Å². The molecule has 122 valence electrons. The van der Waals surface area contributed by atoms with E-state index in [2.05, 4.69) is 5.32 Å². The summed E-state index contributed by atoms with van der Waals surface area (Å²) in [5.74, 6) is 0. The maximum absolute atomic E-state index is 12.2. The van der Waals surface area contributed by atoms with Gasteiger partial charge in [-0.15, -0.1) is 11.3 Å². The Balaban J connectivity index is 2.66. The van der Waals surface area contributed by atoms with Crippen molar-refractivity contribution < 1.29 is 21.6 Å². The third-order valence-electron chi connectivity index (χ3n) is 2.56. The van der Waals surface area contributed by atoms with Crippen LogP contribution in [0.1, 0.15) is 31.6 Å². The van der Waals surface area contributed by atoms with Crippen LogP contribution in [0.5, 0.6) is 0 Å². The van der Waals surface area contributed by atoms with E-state index < -0.39 is 28.7 Å². The molecule has 0 aromatic carbocycles. The average molecular weight is 344 g/mol. The summed E-state index contributed by atoms with van der Waals surface area (Å²) in [6, 6.07) is 0.284. The highest BCUT2D eigenvalue weighted by molar-refractivity contribution is 7.89. The number of rotatable bonds is 8. The first-order valence-corrected chi connectivity index (χ1v) is 8.87. The molecule has 0 saturated carbocycles. The molecule has 0 radical (unpaired) electrons. The Kier molecular flexibility index (Phi) is 6.64. The molecule has 0 bridgehead atoms. The molecule has 4 nitrogen and oxygen atoms in total. The second-order valence-electron chi connectivity index (χ2n) is 4.77. The lowest BCUT2D eigenvalue weighted by molar-refractivity contribution is -0.137. The van der Waals surface area contributed by atoms with Gasteiger partial charge in [0.15, 0.2) is 0 Å². The molecule has 0 aliphatic heterocycles. The van der Waals surface area contributed by atoms with E-state index >= 15 is 0 Å². The van der Waals surface area contributed by atoms with Gasteiger partial charge in [-0.2, -0.15) is 13.2 Å². The standard InChI is InChI=1S/C12H19F3N2O2S2/c1-3-4-16-7-10-5-11(8-20-10)21(18,19)17-9(2)6-12(13,14)15/h5,8-9,16-17H,3-4,6-7H2,1-2H3. The van der Waals surface area contributed by atoms with E-state index in [1.807, 2.05) is 11.6 Å². The Hall–Kier alpha value is -0.640. The normalized spacial score (nSPS) is 14.3. The molecular formula is C12H19F3N2O2S2. The molecule has 1 rings (SSSR count). The van der Waals surface area contributed by atoms with Crippen LogP contribution in [0.2, 0.25) is 0 Å². The minimum atomic E-state index is -4.40. The predicted octanol–water partition coefficient (Wildman–Crippen LogP) is 2.87. The third kappa shape index (κ3) is 6.77. The number of hydrogen-bond acceptors (Lipinski definition) is 4. The van der Waals surface area contributed by atoms with Crippen LogP contribution < -0.4 is 10.0 Å². The lowest BCUT2D eigenvalue weighted by atomic mass is 10.2. The fourth-order valence-corrected chi connectivity index (χ4v) is 4.19. The number of thiophene rings is 1. The topological polar surface area (TPSA) is 58.2 Å². The number of hydrogen-bond donors (Lipinski definition) is 2. The molecule has 9 heteroatoms. The highest BCUT2D eigenvalue weighted by Crippen LogP contribution is 2.23. The SMILES string of the molecule is CCCNCc1cc(S(=O)(=O)NC(C)CC(F)(F)F)cs1. The van der Waals surface area contributed by atoms with Crippen molar-refractivity contribution in [1.82, 2.24) is 10.0 Å². The van der Waals surface area contributed by atoms with Crippen molar-refractivity contribution in [1.29, 1.82) is 0 Å². The lowest BCUT2D eigenvalue weighted by Gasteiger charge is -2.15. The molecule has 2 N–H and O–H groups in total. The third-order valence-corrected chi connectivity index (χ3v) is 5.21. The highest BCUT2D eigenvalue weighted by Gasteiger charge is 2.32. The number of sulfonamides is 1. The molecule has 1 unspecified atom stereocenters. The molecule has 1 aromatic rings. The van der Waals surface area contributed by atoms with Crippen molar-refractivity contribution in [2.45, 2.75) is 50.3 Å². The second-order valence-corrected chi connectivity index (χ2v) is 7.48. The van der Waals surface area contributed by atoms with Crippen LogP contribution in [-0.4, -0.2) is 27.2 Å². The Morgan fingerprint density at radius 2 is 2.05 bits per heavy atom. The average Bonchev–Trinajstić information content (AvgIpc) is 2.75. The summed E-state index contributed by atoms with van der Waals surface area (Å²) >= 11 is 1.26. The molecule has 1 heterocycles. The first-order valence-electron chi connectivity index (χ1n) is 6.51. The second kappa shape index (κ2) is 7.57. The van der Waals surface area contributed by atoms with Gasteiger partial charge >= 0.3 is 6.18 Å². The van der Waals surface area contributed by atoms with E-state index in [1.165, 1.54) is 29.7 Å². The smallest absolute Gasteiger partial charge is 0.312 e. The minimum absolute atomic E-state index is 0.00910. The summed E-state index contributed by atoms with van der Waals surface area (Å²) in [4.78, 5) is 0.835. The molecule has 0 spiro atoms. The maximum Gasteiger partial charge on any atom is 0.390 e. The highest BCUT2D eigenvalue weighted by atomic mass is 32.2.